The van der Waals surface area contributed by atoms with E-state index in [9.17, 15) is 13.2 Å². The van der Waals surface area contributed by atoms with Gasteiger partial charge in [-0.15, -0.1) is 0 Å². The Hall–Kier alpha value is -3.55. The molecule has 1 aromatic heterocycles. The van der Waals surface area contributed by atoms with Crippen molar-refractivity contribution in [3.8, 4) is 0 Å². The zero-order chi connectivity index (χ0) is 24.3. The maximum absolute atomic E-state index is 13.1. The molecule has 0 spiro atoms. The molecule has 1 amide bonds. The Morgan fingerprint density at radius 2 is 1.49 bits per heavy atom. The molecule has 2 heterocycles. The Balaban J connectivity index is 1.22. The van der Waals surface area contributed by atoms with Gasteiger partial charge < -0.3 is 4.90 Å². The van der Waals surface area contributed by atoms with Crippen LogP contribution >= 0.6 is 0 Å². The third kappa shape index (κ3) is 5.26. The molecule has 1 aliphatic heterocycles. The quantitative estimate of drug-likeness (QED) is 0.410. The number of rotatable bonds is 6. The Kier molecular flexibility index (Phi) is 6.61. The summed E-state index contributed by atoms with van der Waals surface area (Å²) < 4.78 is 26.2. The fraction of sp³-hybridized carbons (Fsp3) is 0.214. The van der Waals surface area contributed by atoms with E-state index in [2.05, 4.69) is 22.0 Å². The van der Waals surface area contributed by atoms with Gasteiger partial charge in [-0.2, -0.15) is 0 Å². The van der Waals surface area contributed by atoms with Gasteiger partial charge in [-0.3, -0.25) is 14.7 Å². The van der Waals surface area contributed by atoms with Gasteiger partial charge in [0.2, 0.25) is 0 Å². The average molecular weight is 486 g/mol. The molecule has 0 aliphatic carbocycles. The number of aromatic nitrogens is 1. The largest absolute Gasteiger partial charge is 0.336 e. The molecule has 0 saturated carbocycles. The number of para-hydroxylation sites is 1. The summed E-state index contributed by atoms with van der Waals surface area (Å²) in [5, 5.41) is 0.790. The Morgan fingerprint density at radius 1 is 0.771 bits per heavy atom. The minimum absolute atomic E-state index is 0.0166. The third-order valence-electron chi connectivity index (χ3n) is 6.40. The summed E-state index contributed by atoms with van der Waals surface area (Å²) in [5.41, 5.74) is 2.97. The molecule has 6 nitrogen and oxygen atoms in total. The number of amides is 1. The zero-order valence-electron chi connectivity index (χ0n) is 19.4. The van der Waals surface area contributed by atoms with Gasteiger partial charge in [0, 0.05) is 49.9 Å². The summed E-state index contributed by atoms with van der Waals surface area (Å²) in [6, 6.07) is 26.1. The van der Waals surface area contributed by atoms with Crippen LogP contribution in [0.5, 0.6) is 0 Å². The monoisotopic (exact) mass is 485 g/mol. The lowest BCUT2D eigenvalue weighted by Crippen LogP contribution is -2.48. The molecule has 3 aromatic carbocycles. The number of hydrogen-bond donors (Lipinski definition) is 0. The highest BCUT2D eigenvalue weighted by atomic mass is 32.2. The molecule has 35 heavy (non-hydrogen) atoms. The van der Waals surface area contributed by atoms with Crippen LogP contribution in [0.4, 0.5) is 0 Å². The minimum Gasteiger partial charge on any atom is -0.336 e. The van der Waals surface area contributed by atoms with E-state index < -0.39 is 9.84 Å². The molecule has 0 atom stereocenters. The Bertz CT molecular complexity index is 1420. The van der Waals surface area contributed by atoms with Crippen LogP contribution < -0.4 is 0 Å². The summed E-state index contributed by atoms with van der Waals surface area (Å²) in [5.74, 6) is -0.160. The van der Waals surface area contributed by atoms with E-state index in [1.807, 2.05) is 35.2 Å². The third-order valence-corrected chi connectivity index (χ3v) is 8.11. The van der Waals surface area contributed by atoms with Crippen LogP contribution in [0.1, 0.15) is 21.5 Å². The number of nitrogens with zero attached hydrogens (tertiary/aromatic N) is 3. The summed E-state index contributed by atoms with van der Waals surface area (Å²) in [6.45, 7) is 3.90. The van der Waals surface area contributed by atoms with E-state index in [1.165, 1.54) is 5.56 Å². The van der Waals surface area contributed by atoms with Crippen molar-refractivity contribution in [2.24, 2.45) is 0 Å². The topological polar surface area (TPSA) is 70.6 Å². The number of pyridine rings is 1. The van der Waals surface area contributed by atoms with Crippen molar-refractivity contribution in [1.82, 2.24) is 14.8 Å². The van der Waals surface area contributed by atoms with Gasteiger partial charge in [0.05, 0.1) is 16.2 Å². The van der Waals surface area contributed by atoms with E-state index in [0.717, 1.165) is 25.0 Å². The predicted molar refractivity (Wildman–Crippen MR) is 137 cm³/mol. The number of piperazine rings is 1. The van der Waals surface area contributed by atoms with Gasteiger partial charge in [-0.1, -0.05) is 60.7 Å². The standard InChI is InChI=1S/C28H27N3O3S/c32-28(31-18-16-30(17-19-31)20-22-6-2-1-3-7-22)25-13-11-23(12-14-25)21-35(33,34)26-10-4-8-24-9-5-15-29-27(24)26/h1-15H,16-21H2. The number of fused-ring (bicyclic) bond motifs is 1. The van der Waals surface area contributed by atoms with Crippen LogP contribution in [-0.2, 0) is 22.1 Å². The molecule has 1 fully saturated rings. The number of carbonyl (C=O) groups is 1. The minimum atomic E-state index is -3.59. The molecular weight excluding hydrogens is 458 g/mol. The first-order valence-corrected chi connectivity index (χ1v) is 13.4. The number of carbonyl (C=O) groups excluding carboxylic acids is 1. The van der Waals surface area contributed by atoms with Crippen LogP contribution in [0.15, 0.2) is 96.0 Å². The van der Waals surface area contributed by atoms with Gasteiger partial charge in [-0.05, 0) is 35.4 Å². The second kappa shape index (κ2) is 9.98. The van der Waals surface area contributed by atoms with E-state index in [1.54, 1.807) is 48.7 Å². The van der Waals surface area contributed by atoms with Crippen LogP contribution in [0.2, 0.25) is 0 Å². The van der Waals surface area contributed by atoms with Gasteiger partial charge in [0.25, 0.3) is 5.91 Å². The highest BCUT2D eigenvalue weighted by Gasteiger charge is 2.23. The molecule has 4 aromatic rings. The van der Waals surface area contributed by atoms with Crippen molar-refractivity contribution >= 4 is 26.6 Å². The van der Waals surface area contributed by atoms with Crippen molar-refractivity contribution in [2.45, 2.75) is 17.2 Å². The first-order chi connectivity index (χ1) is 17.0. The summed E-state index contributed by atoms with van der Waals surface area (Å²) in [7, 11) is -3.59. The SMILES string of the molecule is O=C(c1ccc(CS(=O)(=O)c2cccc3cccnc23)cc1)N1CCN(Cc2ccccc2)CC1. The van der Waals surface area contributed by atoms with Gasteiger partial charge >= 0.3 is 0 Å². The van der Waals surface area contributed by atoms with Crippen LogP contribution in [-0.4, -0.2) is 55.3 Å². The maximum Gasteiger partial charge on any atom is 0.253 e. The molecule has 0 bridgehead atoms. The lowest BCUT2D eigenvalue weighted by Gasteiger charge is -2.34. The molecule has 0 radical (unpaired) electrons. The zero-order valence-corrected chi connectivity index (χ0v) is 20.2. The second-order valence-corrected chi connectivity index (χ2v) is 10.8. The van der Waals surface area contributed by atoms with Crippen molar-refractivity contribution in [2.75, 3.05) is 26.2 Å². The Labute approximate surface area is 205 Å². The maximum atomic E-state index is 13.1. The van der Waals surface area contributed by atoms with Crippen LogP contribution in [0.3, 0.4) is 0 Å². The fourth-order valence-electron chi connectivity index (χ4n) is 4.50. The van der Waals surface area contributed by atoms with Crippen molar-refractivity contribution in [1.29, 1.82) is 0 Å². The predicted octanol–water partition coefficient (Wildman–Crippen LogP) is 4.17. The summed E-state index contributed by atoms with van der Waals surface area (Å²) in [6.07, 6.45) is 1.60. The highest BCUT2D eigenvalue weighted by Crippen LogP contribution is 2.24. The van der Waals surface area contributed by atoms with E-state index in [0.29, 0.717) is 29.7 Å². The molecular formula is C28H27N3O3S. The molecule has 0 N–H and O–H groups in total. The van der Waals surface area contributed by atoms with Gasteiger partial charge in [-0.25, -0.2) is 8.42 Å². The Morgan fingerprint density at radius 3 is 2.23 bits per heavy atom. The van der Waals surface area contributed by atoms with E-state index >= 15 is 0 Å². The number of hydrogen-bond acceptors (Lipinski definition) is 5. The highest BCUT2D eigenvalue weighted by molar-refractivity contribution is 7.90. The first kappa shape index (κ1) is 23.2. The molecule has 7 heteroatoms. The molecule has 1 saturated heterocycles. The second-order valence-electron chi connectivity index (χ2n) is 8.84. The molecule has 0 unspecified atom stereocenters. The van der Waals surface area contributed by atoms with Crippen molar-refractivity contribution in [3.05, 3.63) is 108 Å². The number of benzene rings is 3. The first-order valence-electron chi connectivity index (χ1n) is 11.7. The van der Waals surface area contributed by atoms with Gasteiger partial charge in [0.15, 0.2) is 9.84 Å². The normalized spacial score (nSPS) is 14.8. The summed E-state index contributed by atoms with van der Waals surface area (Å²) >= 11 is 0. The smallest absolute Gasteiger partial charge is 0.253 e. The molecule has 1 aliphatic rings. The van der Waals surface area contributed by atoms with E-state index in [-0.39, 0.29) is 16.6 Å². The van der Waals surface area contributed by atoms with Crippen molar-refractivity contribution < 1.29 is 13.2 Å². The lowest BCUT2D eigenvalue weighted by atomic mass is 10.1. The average Bonchev–Trinajstić information content (AvgIpc) is 2.89. The van der Waals surface area contributed by atoms with E-state index in [4.69, 9.17) is 0 Å². The number of sulfone groups is 1. The van der Waals surface area contributed by atoms with Gasteiger partial charge in [0.1, 0.15) is 0 Å². The lowest BCUT2D eigenvalue weighted by molar-refractivity contribution is 0.0628. The van der Waals surface area contributed by atoms with Crippen molar-refractivity contribution in [3.63, 3.8) is 0 Å². The van der Waals surface area contributed by atoms with Crippen LogP contribution in [0.25, 0.3) is 10.9 Å². The molecule has 178 valence electrons. The summed E-state index contributed by atoms with van der Waals surface area (Å²) in [4.78, 5) is 21.7. The fourth-order valence-corrected chi connectivity index (χ4v) is 6.04. The molecule has 5 rings (SSSR count). The van der Waals surface area contributed by atoms with Crippen LogP contribution in [0, 0.1) is 0 Å².